The van der Waals surface area contributed by atoms with Crippen LogP contribution in [0.25, 0.3) is 0 Å². The Kier molecular flexibility index (Phi) is 5.74. The number of carboxylic acids is 1. The average Bonchev–Trinajstić information content (AvgIpc) is 2.39. The van der Waals surface area contributed by atoms with Gasteiger partial charge < -0.3 is 10.4 Å². The third kappa shape index (κ3) is 3.82. The van der Waals surface area contributed by atoms with E-state index in [-0.39, 0.29) is 12.3 Å². The van der Waals surface area contributed by atoms with Gasteiger partial charge in [0.1, 0.15) is 0 Å². The predicted octanol–water partition coefficient (Wildman–Crippen LogP) is 3.98. The van der Waals surface area contributed by atoms with Crippen LogP contribution in [0.4, 0.5) is 5.69 Å². The number of anilines is 1. The lowest BCUT2D eigenvalue weighted by Crippen LogP contribution is -2.34. The van der Waals surface area contributed by atoms with Gasteiger partial charge in [-0.25, -0.2) is 0 Å². The summed E-state index contributed by atoms with van der Waals surface area (Å²) in [6.45, 7) is 5.50. The number of benzene rings is 1. The van der Waals surface area contributed by atoms with Crippen molar-refractivity contribution in [3.05, 3.63) is 28.2 Å². The molecule has 4 nitrogen and oxygen atoms in total. The Balaban J connectivity index is 2.83. The fourth-order valence-corrected chi connectivity index (χ4v) is 2.62. The number of carbonyl (C=O) groups is 2. The molecule has 0 spiro atoms. The maximum absolute atomic E-state index is 12.1. The Morgan fingerprint density at radius 2 is 1.90 bits per heavy atom. The van der Waals surface area contributed by atoms with E-state index in [0.29, 0.717) is 18.5 Å². The molecule has 0 aliphatic rings. The molecule has 0 atom stereocenters. The Morgan fingerprint density at radius 3 is 2.35 bits per heavy atom. The molecule has 0 aliphatic heterocycles. The van der Waals surface area contributed by atoms with E-state index in [2.05, 4.69) is 21.2 Å². The molecule has 0 unspecified atom stereocenters. The van der Waals surface area contributed by atoms with Crippen LogP contribution in [0.3, 0.4) is 0 Å². The van der Waals surface area contributed by atoms with Crippen molar-refractivity contribution in [3.8, 4) is 0 Å². The number of hydrogen-bond donors (Lipinski definition) is 2. The van der Waals surface area contributed by atoms with Crippen molar-refractivity contribution in [1.29, 1.82) is 0 Å². The number of nitrogens with one attached hydrogen (secondary N) is 1. The molecule has 1 aromatic carbocycles. The first-order chi connectivity index (χ1) is 9.34. The lowest BCUT2D eigenvalue weighted by Gasteiger charge is -2.26. The molecule has 0 saturated heterocycles. The number of hydrogen-bond acceptors (Lipinski definition) is 2. The number of halogens is 1. The highest BCUT2D eigenvalue weighted by Gasteiger charge is 2.37. The lowest BCUT2D eigenvalue weighted by atomic mass is 9.79. The van der Waals surface area contributed by atoms with Gasteiger partial charge in [0.05, 0.1) is 5.41 Å². The van der Waals surface area contributed by atoms with Crippen molar-refractivity contribution in [2.45, 2.75) is 40.0 Å². The maximum atomic E-state index is 12.1. The number of carboxylic acid groups (broad SMARTS) is 1. The maximum Gasteiger partial charge on any atom is 0.310 e. The van der Waals surface area contributed by atoms with Crippen molar-refractivity contribution in [1.82, 2.24) is 0 Å². The largest absolute Gasteiger partial charge is 0.481 e. The summed E-state index contributed by atoms with van der Waals surface area (Å²) in [5, 5.41) is 12.1. The van der Waals surface area contributed by atoms with Crippen molar-refractivity contribution in [2.75, 3.05) is 5.32 Å². The van der Waals surface area contributed by atoms with E-state index in [1.54, 1.807) is 19.9 Å². The number of aryl methyl sites for hydroxylation is 1. The van der Waals surface area contributed by atoms with Gasteiger partial charge in [-0.1, -0.05) is 29.8 Å². The van der Waals surface area contributed by atoms with Gasteiger partial charge >= 0.3 is 5.97 Å². The van der Waals surface area contributed by atoms with E-state index in [4.69, 9.17) is 0 Å². The Bertz CT molecular complexity index is 510. The molecular formula is C15H20BrNO3. The quantitative estimate of drug-likeness (QED) is 0.822. The van der Waals surface area contributed by atoms with E-state index in [0.717, 1.165) is 10.0 Å². The van der Waals surface area contributed by atoms with Crippen molar-refractivity contribution >= 4 is 33.5 Å². The van der Waals surface area contributed by atoms with Crippen LogP contribution in [0.15, 0.2) is 22.7 Å². The van der Waals surface area contributed by atoms with Gasteiger partial charge in [0, 0.05) is 16.6 Å². The Labute approximate surface area is 127 Å². The van der Waals surface area contributed by atoms with Gasteiger partial charge in [-0.05, 0) is 43.5 Å². The standard InChI is InChI=1S/C15H20BrNO3/c1-4-15(5-2,14(19)20)9-13(18)17-12-7-6-11(16)8-10(12)3/h6-8H,4-5,9H2,1-3H3,(H,17,18)(H,19,20). The van der Waals surface area contributed by atoms with Crippen LogP contribution in [0.2, 0.25) is 0 Å². The van der Waals surface area contributed by atoms with E-state index in [1.807, 2.05) is 19.1 Å². The van der Waals surface area contributed by atoms with E-state index < -0.39 is 11.4 Å². The molecule has 1 rings (SSSR count). The molecule has 2 N–H and O–H groups in total. The number of rotatable bonds is 6. The van der Waals surface area contributed by atoms with Gasteiger partial charge in [-0.2, -0.15) is 0 Å². The summed E-state index contributed by atoms with van der Waals surface area (Å²) in [7, 11) is 0. The molecule has 0 bridgehead atoms. The molecule has 5 heteroatoms. The third-order valence-electron chi connectivity index (χ3n) is 3.77. The zero-order valence-corrected chi connectivity index (χ0v) is 13.6. The van der Waals surface area contributed by atoms with Crippen LogP contribution in [-0.4, -0.2) is 17.0 Å². The highest BCUT2D eigenvalue weighted by atomic mass is 79.9. The smallest absolute Gasteiger partial charge is 0.310 e. The third-order valence-corrected chi connectivity index (χ3v) is 4.26. The van der Waals surface area contributed by atoms with E-state index in [1.165, 1.54) is 0 Å². The summed E-state index contributed by atoms with van der Waals surface area (Å²) in [4.78, 5) is 23.5. The van der Waals surface area contributed by atoms with E-state index in [9.17, 15) is 14.7 Å². The highest BCUT2D eigenvalue weighted by Crippen LogP contribution is 2.31. The van der Waals surface area contributed by atoms with Gasteiger partial charge in [-0.15, -0.1) is 0 Å². The van der Waals surface area contributed by atoms with Crippen LogP contribution in [-0.2, 0) is 9.59 Å². The van der Waals surface area contributed by atoms with Crippen LogP contribution < -0.4 is 5.32 Å². The first kappa shape index (κ1) is 16.7. The van der Waals surface area contributed by atoms with Crippen LogP contribution in [0.1, 0.15) is 38.7 Å². The topological polar surface area (TPSA) is 66.4 Å². The normalized spacial score (nSPS) is 11.2. The molecule has 1 amide bonds. The minimum Gasteiger partial charge on any atom is -0.481 e. The summed E-state index contributed by atoms with van der Waals surface area (Å²) in [6.07, 6.45) is 0.863. The lowest BCUT2D eigenvalue weighted by molar-refractivity contribution is -0.151. The number of carbonyl (C=O) groups excluding carboxylic acids is 1. The van der Waals surface area contributed by atoms with Gasteiger partial charge in [0.25, 0.3) is 0 Å². The zero-order chi connectivity index (χ0) is 15.3. The van der Waals surface area contributed by atoms with Crippen LogP contribution >= 0.6 is 15.9 Å². The Morgan fingerprint density at radius 1 is 1.30 bits per heavy atom. The predicted molar refractivity (Wildman–Crippen MR) is 82.8 cm³/mol. The summed E-state index contributed by atoms with van der Waals surface area (Å²) in [6, 6.07) is 5.55. The summed E-state index contributed by atoms with van der Waals surface area (Å²) < 4.78 is 0.940. The van der Waals surface area contributed by atoms with Crippen molar-refractivity contribution in [2.24, 2.45) is 5.41 Å². The van der Waals surface area contributed by atoms with E-state index >= 15 is 0 Å². The fraction of sp³-hybridized carbons (Fsp3) is 0.467. The number of aliphatic carboxylic acids is 1. The summed E-state index contributed by atoms with van der Waals surface area (Å²) in [5.41, 5.74) is 0.666. The average molecular weight is 342 g/mol. The second-order valence-electron chi connectivity index (χ2n) is 4.98. The number of amides is 1. The van der Waals surface area contributed by atoms with Crippen LogP contribution in [0.5, 0.6) is 0 Å². The molecule has 0 radical (unpaired) electrons. The van der Waals surface area contributed by atoms with Crippen LogP contribution in [0, 0.1) is 12.3 Å². The first-order valence-corrected chi connectivity index (χ1v) is 7.43. The summed E-state index contributed by atoms with van der Waals surface area (Å²) >= 11 is 3.36. The molecule has 0 fully saturated rings. The molecule has 1 aromatic rings. The molecule has 0 saturated carbocycles. The zero-order valence-electron chi connectivity index (χ0n) is 12.0. The molecule has 20 heavy (non-hydrogen) atoms. The molecule has 110 valence electrons. The minimum absolute atomic E-state index is 0.00909. The Hall–Kier alpha value is -1.36. The highest BCUT2D eigenvalue weighted by molar-refractivity contribution is 9.10. The molecular weight excluding hydrogens is 322 g/mol. The van der Waals surface area contributed by atoms with Crippen molar-refractivity contribution < 1.29 is 14.7 Å². The SMILES string of the molecule is CCC(CC)(CC(=O)Nc1ccc(Br)cc1C)C(=O)O. The molecule has 0 heterocycles. The first-order valence-electron chi connectivity index (χ1n) is 6.64. The monoisotopic (exact) mass is 341 g/mol. The summed E-state index contributed by atoms with van der Waals surface area (Å²) in [5.74, 6) is -1.17. The second-order valence-corrected chi connectivity index (χ2v) is 5.89. The van der Waals surface area contributed by atoms with Gasteiger partial charge in [0.2, 0.25) is 5.91 Å². The fourth-order valence-electron chi connectivity index (χ4n) is 2.15. The van der Waals surface area contributed by atoms with Gasteiger partial charge in [0.15, 0.2) is 0 Å². The minimum atomic E-state index is -0.979. The molecule has 0 aliphatic carbocycles. The van der Waals surface area contributed by atoms with Gasteiger partial charge in [-0.3, -0.25) is 9.59 Å². The molecule has 0 aromatic heterocycles. The second kappa shape index (κ2) is 6.88. The van der Waals surface area contributed by atoms with Crippen molar-refractivity contribution in [3.63, 3.8) is 0 Å².